The van der Waals surface area contributed by atoms with Crippen molar-refractivity contribution in [3.8, 4) is 0 Å². The Morgan fingerprint density at radius 2 is 1.46 bits per heavy atom. The van der Waals surface area contributed by atoms with Gasteiger partial charge in [-0.25, -0.2) is 0 Å². The number of benzene rings is 3. The van der Waals surface area contributed by atoms with Gasteiger partial charge in [-0.1, -0.05) is 66.2 Å². The molecule has 0 spiro atoms. The summed E-state index contributed by atoms with van der Waals surface area (Å²) in [5.74, 6) is 0.112. The third-order valence-corrected chi connectivity index (χ3v) is 7.44. The lowest BCUT2D eigenvalue weighted by Gasteiger charge is -2.42. The number of rotatable bonds is 7. The predicted octanol–water partition coefficient (Wildman–Crippen LogP) is 6.62. The van der Waals surface area contributed by atoms with Gasteiger partial charge in [0.1, 0.15) is 0 Å². The van der Waals surface area contributed by atoms with Gasteiger partial charge in [0.05, 0.1) is 0 Å². The Morgan fingerprint density at radius 1 is 0.838 bits per heavy atom. The standard InChI is InChI=1S/C18H21NO.C14H21ClN2/c1-3-19(4-2)18(20)17-12-10-16(11-13-17)14-15-8-6-5-7-9-15;1-11-9-17(12(2)8-16(11)3)10-13-5-4-6-14(15)7-13/h5-13H,3-4,14H2,1-2H3;4-7,11-12H,8-10H2,1-3H3/t;11-,12+/m.0/s1. The third kappa shape index (κ3) is 8.70. The highest BCUT2D eigenvalue weighted by Crippen LogP contribution is 2.18. The molecule has 198 valence electrons. The van der Waals surface area contributed by atoms with E-state index in [1.54, 1.807) is 0 Å². The first-order chi connectivity index (χ1) is 17.8. The van der Waals surface area contributed by atoms with Crippen LogP contribution in [0.4, 0.5) is 0 Å². The van der Waals surface area contributed by atoms with E-state index in [1.165, 1.54) is 16.7 Å². The number of halogens is 1. The molecule has 3 aromatic carbocycles. The zero-order chi connectivity index (χ0) is 26.8. The Kier molecular flexibility index (Phi) is 11.2. The Bertz CT molecular complexity index is 1100. The minimum absolute atomic E-state index is 0.112. The number of amides is 1. The maximum Gasteiger partial charge on any atom is 0.253 e. The lowest BCUT2D eigenvalue weighted by molar-refractivity contribution is 0.0546. The van der Waals surface area contributed by atoms with Crippen LogP contribution in [0, 0.1) is 0 Å². The smallest absolute Gasteiger partial charge is 0.253 e. The van der Waals surface area contributed by atoms with E-state index in [1.807, 2.05) is 73.3 Å². The Labute approximate surface area is 228 Å². The molecule has 1 amide bonds. The average molecular weight is 520 g/mol. The van der Waals surface area contributed by atoms with Gasteiger partial charge in [-0.2, -0.15) is 0 Å². The summed E-state index contributed by atoms with van der Waals surface area (Å²) in [4.78, 5) is 19.0. The van der Waals surface area contributed by atoms with Gasteiger partial charge in [-0.3, -0.25) is 9.69 Å². The zero-order valence-corrected chi connectivity index (χ0v) is 23.8. The summed E-state index contributed by atoms with van der Waals surface area (Å²) in [6.45, 7) is 13.4. The number of hydrogen-bond donors (Lipinski definition) is 0. The maximum absolute atomic E-state index is 12.2. The summed E-state index contributed by atoms with van der Waals surface area (Å²) in [5, 5.41) is 0.831. The molecule has 1 aliphatic heterocycles. The summed E-state index contributed by atoms with van der Waals surface area (Å²) in [5.41, 5.74) is 4.59. The van der Waals surface area contributed by atoms with Crippen LogP contribution >= 0.6 is 11.6 Å². The molecule has 5 heteroatoms. The number of hydrogen-bond acceptors (Lipinski definition) is 3. The van der Waals surface area contributed by atoms with Crippen molar-refractivity contribution >= 4 is 17.5 Å². The van der Waals surface area contributed by atoms with Gasteiger partial charge in [0, 0.05) is 55.4 Å². The van der Waals surface area contributed by atoms with Crippen LogP contribution in [0.1, 0.15) is 54.7 Å². The molecule has 0 aliphatic carbocycles. The molecule has 1 fully saturated rings. The number of carbonyl (C=O) groups excluding carboxylic acids is 1. The summed E-state index contributed by atoms with van der Waals surface area (Å²) in [6.07, 6.45) is 0.903. The maximum atomic E-state index is 12.2. The highest BCUT2D eigenvalue weighted by atomic mass is 35.5. The van der Waals surface area contributed by atoms with Crippen LogP contribution in [-0.4, -0.2) is 65.9 Å². The predicted molar refractivity (Wildman–Crippen MR) is 156 cm³/mol. The zero-order valence-electron chi connectivity index (χ0n) is 23.0. The molecule has 0 saturated carbocycles. The average Bonchev–Trinajstić information content (AvgIpc) is 2.89. The van der Waals surface area contributed by atoms with Crippen molar-refractivity contribution < 1.29 is 4.79 Å². The fourth-order valence-corrected chi connectivity index (χ4v) is 4.96. The van der Waals surface area contributed by atoms with Crippen LogP contribution in [0.2, 0.25) is 5.02 Å². The van der Waals surface area contributed by atoms with E-state index in [0.717, 1.165) is 49.7 Å². The van der Waals surface area contributed by atoms with E-state index in [-0.39, 0.29) is 5.91 Å². The van der Waals surface area contributed by atoms with Crippen LogP contribution in [-0.2, 0) is 13.0 Å². The van der Waals surface area contributed by atoms with Gasteiger partial charge in [-0.05, 0) is 82.1 Å². The Hall–Kier alpha value is -2.66. The van der Waals surface area contributed by atoms with Gasteiger partial charge in [0.15, 0.2) is 0 Å². The molecule has 0 radical (unpaired) electrons. The molecule has 1 saturated heterocycles. The molecule has 2 atom stereocenters. The second kappa shape index (κ2) is 14.3. The first-order valence-corrected chi connectivity index (χ1v) is 13.8. The number of likely N-dealkylation sites (N-methyl/N-ethyl adjacent to an activating group) is 1. The largest absolute Gasteiger partial charge is 0.339 e. The van der Waals surface area contributed by atoms with Crippen molar-refractivity contribution in [2.75, 3.05) is 33.2 Å². The first kappa shape index (κ1) is 28.9. The number of piperazine rings is 1. The van der Waals surface area contributed by atoms with Gasteiger partial charge in [-0.15, -0.1) is 0 Å². The van der Waals surface area contributed by atoms with E-state index in [2.05, 4.69) is 55.0 Å². The minimum Gasteiger partial charge on any atom is -0.339 e. The second-order valence-electron chi connectivity index (χ2n) is 10.0. The Balaban J connectivity index is 0.000000208. The lowest BCUT2D eigenvalue weighted by Crippen LogP contribution is -2.54. The van der Waals surface area contributed by atoms with E-state index < -0.39 is 0 Å². The molecular weight excluding hydrogens is 478 g/mol. The monoisotopic (exact) mass is 519 g/mol. The van der Waals surface area contributed by atoms with Gasteiger partial charge in [0.25, 0.3) is 5.91 Å². The molecule has 3 aromatic rings. The second-order valence-corrected chi connectivity index (χ2v) is 10.5. The van der Waals surface area contributed by atoms with Crippen molar-refractivity contribution in [3.63, 3.8) is 0 Å². The molecule has 4 nitrogen and oxygen atoms in total. The lowest BCUT2D eigenvalue weighted by atomic mass is 10.0. The topological polar surface area (TPSA) is 26.8 Å². The summed E-state index contributed by atoms with van der Waals surface area (Å²) in [7, 11) is 2.21. The SMILES string of the molecule is CCN(CC)C(=O)c1ccc(Cc2ccccc2)cc1.C[C@@H]1CN(C)[C@@H](C)CN1Cc1cccc(Cl)c1. The van der Waals surface area contributed by atoms with E-state index in [4.69, 9.17) is 11.6 Å². The van der Waals surface area contributed by atoms with Gasteiger partial charge < -0.3 is 9.80 Å². The molecular formula is C32H42ClN3O. The van der Waals surface area contributed by atoms with Gasteiger partial charge >= 0.3 is 0 Å². The van der Waals surface area contributed by atoms with Gasteiger partial charge in [0.2, 0.25) is 0 Å². The molecule has 0 bridgehead atoms. The van der Waals surface area contributed by atoms with Crippen molar-refractivity contribution in [2.45, 2.75) is 52.7 Å². The molecule has 4 rings (SSSR count). The minimum atomic E-state index is 0.112. The van der Waals surface area contributed by atoms with Crippen LogP contribution in [0.3, 0.4) is 0 Å². The highest BCUT2D eigenvalue weighted by molar-refractivity contribution is 6.30. The summed E-state index contributed by atoms with van der Waals surface area (Å²) in [6, 6.07) is 27.7. The number of carbonyl (C=O) groups is 1. The fraction of sp³-hybridized carbons (Fsp3) is 0.406. The molecule has 0 unspecified atom stereocenters. The quantitative estimate of drug-likeness (QED) is 0.351. The summed E-state index contributed by atoms with van der Waals surface area (Å²) < 4.78 is 0. The van der Waals surface area contributed by atoms with Crippen LogP contribution < -0.4 is 0 Å². The van der Waals surface area contributed by atoms with Crippen LogP contribution in [0.25, 0.3) is 0 Å². The Morgan fingerprint density at radius 3 is 2.08 bits per heavy atom. The normalized spacial score (nSPS) is 18.1. The van der Waals surface area contributed by atoms with E-state index in [0.29, 0.717) is 12.1 Å². The molecule has 0 aromatic heterocycles. The highest BCUT2D eigenvalue weighted by Gasteiger charge is 2.26. The van der Waals surface area contributed by atoms with Crippen molar-refractivity contribution in [2.24, 2.45) is 0 Å². The summed E-state index contributed by atoms with van der Waals surface area (Å²) >= 11 is 6.02. The van der Waals surface area contributed by atoms with Crippen molar-refractivity contribution in [1.82, 2.24) is 14.7 Å². The van der Waals surface area contributed by atoms with Crippen LogP contribution in [0.15, 0.2) is 78.9 Å². The molecule has 1 heterocycles. The van der Waals surface area contributed by atoms with E-state index >= 15 is 0 Å². The third-order valence-electron chi connectivity index (χ3n) is 7.20. The van der Waals surface area contributed by atoms with Crippen molar-refractivity contribution in [1.29, 1.82) is 0 Å². The molecule has 0 N–H and O–H groups in total. The van der Waals surface area contributed by atoms with Crippen LogP contribution in [0.5, 0.6) is 0 Å². The van der Waals surface area contributed by atoms with Crippen molar-refractivity contribution in [3.05, 3.63) is 106 Å². The molecule has 1 aliphatic rings. The molecule has 37 heavy (non-hydrogen) atoms. The fourth-order valence-electron chi connectivity index (χ4n) is 4.75. The first-order valence-electron chi connectivity index (χ1n) is 13.4. The number of nitrogens with zero attached hydrogens (tertiary/aromatic N) is 3. The van der Waals surface area contributed by atoms with E-state index in [9.17, 15) is 4.79 Å².